The Labute approximate surface area is 98.6 Å². The lowest BCUT2D eigenvalue weighted by molar-refractivity contribution is -0.476. The highest BCUT2D eigenvalue weighted by Crippen LogP contribution is 1.99. The SMILES string of the molecule is CN(C)C(N(CCCO)CCCO)=[N+](C)C. The quantitative estimate of drug-likeness (QED) is 0.359. The van der Waals surface area contributed by atoms with Gasteiger partial charge in [-0.2, -0.15) is 0 Å². The standard InChI is InChI=1S/C11H26N3O2/c1-12(2)11(13(3)4)14(7-5-9-15)8-6-10-16/h15-16H,5-10H2,1-4H3/q+1. The van der Waals surface area contributed by atoms with Gasteiger partial charge in [0.25, 0.3) is 0 Å². The second-order valence-corrected chi connectivity index (χ2v) is 4.23. The Morgan fingerprint density at radius 1 is 1.00 bits per heavy atom. The molecular weight excluding hydrogens is 206 g/mol. The molecule has 0 heterocycles. The first-order valence-electron chi connectivity index (χ1n) is 5.72. The molecular formula is C11H26N3O2+. The van der Waals surface area contributed by atoms with E-state index in [0.717, 1.165) is 31.9 Å². The van der Waals surface area contributed by atoms with E-state index in [4.69, 9.17) is 10.2 Å². The second-order valence-electron chi connectivity index (χ2n) is 4.23. The molecule has 0 saturated heterocycles. The molecule has 0 aliphatic carbocycles. The van der Waals surface area contributed by atoms with Crippen molar-refractivity contribution in [1.29, 1.82) is 0 Å². The molecule has 5 heteroatoms. The summed E-state index contributed by atoms with van der Waals surface area (Å²) in [4.78, 5) is 4.24. The fourth-order valence-electron chi connectivity index (χ4n) is 1.80. The molecule has 0 amide bonds. The summed E-state index contributed by atoms with van der Waals surface area (Å²) in [6.45, 7) is 2.01. The zero-order valence-corrected chi connectivity index (χ0v) is 11.0. The largest absolute Gasteiger partial charge is 0.396 e. The summed E-state index contributed by atoms with van der Waals surface area (Å²) in [6.07, 6.45) is 1.49. The lowest BCUT2D eigenvalue weighted by Crippen LogP contribution is -2.46. The average molecular weight is 232 g/mol. The van der Waals surface area contributed by atoms with Crippen molar-refractivity contribution in [3.63, 3.8) is 0 Å². The average Bonchev–Trinajstić information content (AvgIpc) is 2.20. The summed E-state index contributed by atoms with van der Waals surface area (Å²) in [5.74, 6) is 1.10. The molecule has 0 spiro atoms. The molecule has 16 heavy (non-hydrogen) atoms. The van der Waals surface area contributed by atoms with E-state index in [1.807, 2.05) is 28.2 Å². The number of aliphatic hydroxyl groups excluding tert-OH is 2. The third-order valence-electron chi connectivity index (χ3n) is 2.26. The Bertz CT molecular complexity index is 205. The topological polar surface area (TPSA) is 49.9 Å². The molecule has 0 unspecified atom stereocenters. The monoisotopic (exact) mass is 232 g/mol. The molecule has 0 aliphatic heterocycles. The zero-order chi connectivity index (χ0) is 12.6. The van der Waals surface area contributed by atoms with Gasteiger partial charge in [0, 0.05) is 26.1 Å². The van der Waals surface area contributed by atoms with Gasteiger partial charge in [0.15, 0.2) is 0 Å². The summed E-state index contributed by atoms with van der Waals surface area (Å²) < 4.78 is 2.05. The van der Waals surface area contributed by atoms with Crippen molar-refractivity contribution in [2.24, 2.45) is 0 Å². The maximum absolute atomic E-state index is 8.89. The molecule has 96 valence electrons. The lowest BCUT2D eigenvalue weighted by atomic mass is 10.3. The van der Waals surface area contributed by atoms with Crippen LogP contribution in [0.15, 0.2) is 0 Å². The van der Waals surface area contributed by atoms with Crippen LogP contribution in [0.5, 0.6) is 0 Å². The van der Waals surface area contributed by atoms with Gasteiger partial charge in [-0.1, -0.05) is 0 Å². The van der Waals surface area contributed by atoms with Crippen molar-refractivity contribution >= 4 is 5.96 Å². The molecule has 0 radical (unpaired) electrons. The highest BCUT2D eigenvalue weighted by molar-refractivity contribution is 5.74. The van der Waals surface area contributed by atoms with Gasteiger partial charge < -0.3 is 10.2 Å². The molecule has 0 aromatic carbocycles. The zero-order valence-electron chi connectivity index (χ0n) is 11.0. The van der Waals surface area contributed by atoms with E-state index in [-0.39, 0.29) is 13.2 Å². The number of nitrogens with zero attached hydrogens (tertiary/aromatic N) is 3. The molecule has 0 fully saturated rings. The lowest BCUT2D eigenvalue weighted by Gasteiger charge is -2.24. The highest BCUT2D eigenvalue weighted by Gasteiger charge is 2.21. The van der Waals surface area contributed by atoms with Gasteiger partial charge in [-0.3, -0.25) is 14.4 Å². The Kier molecular flexibility index (Phi) is 7.93. The van der Waals surface area contributed by atoms with E-state index in [1.165, 1.54) is 0 Å². The Morgan fingerprint density at radius 3 is 1.69 bits per heavy atom. The van der Waals surface area contributed by atoms with Gasteiger partial charge in [0.1, 0.15) is 0 Å². The normalized spacial score (nSPS) is 10.1. The van der Waals surface area contributed by atoms with Crippen LogP contribution in [0.1, 0.15) is 12.8 Å². The number of rotatable bonds is 6. The Balaban J connectivity index is 4.62. The molecule has 2 N–H and O–H groups in total. The van der Waals surface area contributed by atoms with Gasteiger partial charge in [-0.25, -0.2) is 0 Å². The number of aliphatic hydroxyl groups is 2. The number of guanidine groups is 1. The van der Waals surface area contributed by atoms with Gasteiger partial charge in [0.2, 0.25) is 0 Å². The van der Waals surface area contributed by atoms with E-state index >= 15 is 0 Å². The van der Waals surface area contributed by atoms with Gasteiger partial charge in [-0.15, -0.1) is 0 Å². The predicted molar refractivity (Wildman–Crippen MR) is 65.8 cm³/mol. The van der Waals surface area contributed by atoms with Crippen LogP contribution in [0.4, 0.5) is 0 Å². The van der Waals surface area contributed by atoms with Crippen molar-refractivity contribution in [3.8, 4) is 0 Å². The summed E-state index contributed by atoms with van der Waals surface area (Å²) in [5.41, 5.74) is 0. The van der Waals surface area contributed by atoms with Crippen LogP contribution in [0.2, 0.25) is 0 Å². The minimum absolute atomic E-state index is 0.198. The molecule has 0 aromatic heterocycles. The van der Waals surface area contributed by atoms with E-state index in [1.54, 1.807) is 0 Å². The maximum atomic E-state index is 8.89. The van der Waals surface area contributed by atoms with Crippen LogP contribution in [0.25, 0.3) is 0 Å². The van der Waals surface area contributed by atoms with E-state index in [2.05, 4.69) is 14.4 Å². The van der Waals surface area contributed by atoms with Crippen LogP contribution in [0, 0.1) is 0 Å². The van der Waals surface area contributed by atoms with E-state index < -0.39 is 0 Å². The van der Waals surface area contributed by atoms with Crippen molar-refractivity contribution < 1.29 is 14.8 Å². The summed E-state index contributed by atoms with van der Waals surface area (Å²) in [5, 5.41) is 17.8. The summed E-state index contributed by atoms with van der Waals surface area (Å²) in [6, 6.07) is 0. The summed E-state index contributed by atoms with van der Waals surface area (Å²) >= 11 is 0. The fourth-order valence-corrected chi connectivity index (χ4v) is 1.80. The van der Waals surface area contributed by atoms with Crippen LogP contribution in [0.3, 0.4) is 0 Å². The number of hydrogen-bond acceptors (Lipinski definition) is 2. The minimum Gasteiger partial charge on any atom is -0.396 e. The molecule has 0 aromatic rings. The highest BCUT2D eigenvalue weighted by atomic mass is 16.3. The molecule has 0 bridgehead atoms. The maximum Gasteiger partial charge on any atom is 0.349 e. The van der Waals surface area contributed by atoms with E-state index in [0.29, 0.717) is 0 Å². The molecule has 5 nitrogen and oxygen atoms in total. The molecule has 0 aliphatic rings. The van der Waals surface area contributed by atoms with Gasteiger partial charge in [-0.05, 0) is 0 Å². The number of hydrogen-bond donors (Lipinski definition) is 2. The van der Waals surface area contributed by atoms with Gasteiger partial charge in [0.05, 0.1) is 41.3 Å². The fraction of sp³-hybridized carbons (Fsp3) is 0.909. The smallest absolute Gasteiger partial charge is 0.349 e. The van der Waals surface area contributed by atoms with Crippen LogP contribution < -0.4 is 0 Å². The molecule has 0 rings (SSSR count). The molecule has 0 saturated carbocycles. The predicted octanol–water partition coefficient (Wildman–Crippen LogP) is -0.757. The third-order valence-corrected chi connectivity index (χ3v) is 2.26. The first kappa shape index (κ1) is 15.2. The van der Waals surface area contributed by atoms with Crippen LogP contribution in [-0.4, -0.2) is 85.0 Å². The van der Waals surface area contributed by atoms with Crippen molar-refractivity contribution in [2.75, 3.05) is 54.5 Å². The van der Waals surface area contributed by atoms with Crippen molar-refractivity contribution in [3.05, 3.63) is 0 Å². The minimum atomic E-state index is 0.198. The van der Waals surface area contributed by atoms with Crippen molar-refractivity contribution in [1.82, 2.24) is 9.80 Å². The summed E-state index contributed by atoms with van der Waals surface area (Å²) in [7, 11) is 8.00. The first-order chi connectivity index (χ1) is 7.54. The van der Waals surface area contributed by atoms with E-state index in [9.17, 15) is 0 Å². The van der Waals surface area contributed by atoms with Gasteiger partial charge >= 0.3 is 5.96 Å². The Morgan fingerprint density at radius 2 is 1.44 bits per heavy atom. The Hall–Kier alpha value is -0.810. The third kappa shape index (κ3) is 5.32. The van der Waals surface area contributed by atoms with Crippen molar-refractivity contribution in [2.45, 2.75) is 12.8 Å². The van der Waals surface area contributed by atoms with Crippen LogP contribution in [-0.2, 0) is 0 Å². The van der Waals surface area contributed by atoms with Crippen LogP contribution >= 0.6 is 0 Å². The second kappa shape index (κ2) is 8.35. The first-order valence-corrected chi connectivity index (χ1v) is 5.72. The molecule has 0 atom stereocenters.